The van der Waals surface area contributed by atoms with E-state index in [0.29, 0.717) is 18.7 Å². The van der Waals surface area contributed by atoms with Crippen LogP contribution < -0.4 is 5.32 Å². The fourth-order valence-corrected chi connectivity index (χ4v) is 3.63. The van der Waals surface area contributed by atoms with Crippen molar-refractivity contribution in [3.05, 3.63) is 69.7 Å². The quantitative estimate of drug-likeness (QED) is 0.606. The molecule has 1 heterocycles. The van der Waals surface area contributed by atoms with E-state index in [4.69, 9.17) is 4.74 Å². The van der Waals surface area contributed by atoms with Gasteiger partial charge in [0.05, 0.1) is 0 Å². The predicted molar refractivity (Wildman–Crippen MR) is 120 cm³/mol. The third-order valence-electron chi connectivity index (χ3n) is 5.07. The zero-order chi connectivity index (χ0) is 22.2. The lowest BCUT2D eigenvalue weighted by atomic mass is 10.1. The first-order valence-corrected chi connectivity index (χ1v) is 10.9. The molecule has 2 aromatic carbocycles. The number of halogens is 1. The van der Waals surface area contributed by atoms with Gasteiger partial charge in [0.2, 0.25) is 0 Å². The fraction of sp³-hybridized carbons (Fsp3) is 0.348. The number of piperazine rings is 1. The Bertz CT molecular complexity index is 925. The van der Waals surface area contributed by atoms with Gasteiger partial charge in [-0.05, 0) is 36.8 Å². The van der Waals surface area contributed by atoms with E-state index in [-0.39, 0.29) is 25.0 Å². The summed E-state index contributed by atoms with van der Waals surface area (Å²) in [6.45, 7) is 5.08. The minimum Gasteiger partial charge on any atom is -0.454 e. The summed E-state index contributed by atoms with van der Waals surface area (Å²) in [5.41, 5.74) is 2.94. The maximum absolute atomic E-state index is 12.3. The summed E-state index contributed by atoms with van der Waals surface area (Å²) in [7, 11) is 0. The number of amides is 2. The first kappa shape index (κ1) is 23.0. The van der Waals surface area contributed by atoms with Crippen LogP contribution >= 0.6 is 15.9 Å². The molecule has 1 aliphatic heterocycles. The van der Waals surface area contributed by atoms with Gasteiger partial charge in [-0.1, -0.05) is 45.8 Å². The van der Waals surface area contributed by atoms with Gasteiger partial charge in [-0.25, -0.2) is 0 Å². The lowest BCUT2D eigenvalue weighted by molar-refractivity contribution is -0.151. The van der Waals surface area contributed by atoms with Crippen molar-refractivity contribution >= 4 is 33.7 Å². The molecular formula is C23H26BrN3O4. The molecule has 0 spiro atoms. The highest BCUT2D eigenvalue weighted by atomic mass is 79.9. The van der Waals surface area contributed by atoms with Crippen LogP contribution in [0.3, 0.4) is 0 Å². The second-order valence-corrected chi connectivity index (χ2v) is 8.41. The standard InChI is InChI=1S/C23H26BrN3O4/c1-17-3-2-4-18(13-17)15-26-9-11-27(12-10-26)21(28)16-31-22(29)14-25-23(30)19-5-7-20(24)8-6-19/h2-8,13H,9-12,14-16H2,1H3,(H,25,30). The number of benzene rings is 2. The minimum absolute atomic E-state index is 0.220. The summed E-state index contributed by atoms with van der Waals surface area (Å²) in [4.78, 5) is 40.3. The molecule has 31 heavy (non-hydrogen) atoms. The zero-order valence-electron chi connectivity index (χ0n) is 17.5. The second kappa shape index (κ2) is 11.1. The van der Waals surface area contributed by atoms with Crippen LogP contribution in [0.2, 0.25) is 0 Å². The fourth-order valence-electron chi connectivity index (χ4n) is 3.36. The van der Waals surface area contributed by atoms with Gasteiger partial charge in [0, 0.05) is 42.8 Å². The third-order valence-corrected chi connectivity index (χ3v) is 5.60. The molecule has 8 heteroatoms. The SMILES string of the molecule is Cc1cccc(CN2CCN(C(=O)COC(=O)CNC(=O)c3ccc(Br)cc3)CC2)c1. The number of carbonyl (C=O) groups is 3. The summed E-state index contributed by atoms with van der Waals surface area (Å²) >= 11 is 3.30. The van der Waals surface area contributed by atoms with Gasteiger partial charge in [-0.3, -0.25) is 19.3 Å². The Labute approximate surface area is 190 Å². The molecule has 0 aromatic heterocycles. The Morgan fingerprint density at radius 1 is 1.03 bits per heavy atom. The van der Waals surface area contributed by atoms with Crippen molar-refractivity contribution in [2.24, 2.45) is 0 Å². The summed E-state index contributed by atoms with van der Waals surface area (Å²) in [6.07, 6.45) is 0. The molecule has 2 amide bonds. The van der Waals surface area contributed by atoms with E-state index in [2.05, 4.69) is 57.3 Å². The number of nitrogens with zero attached hydrogens (tertiary/aromatic N) is 2. The molecule has 1 N–H and O–H groups in total. The van der Waals surface area contributed by atoms with E-state index in [0.717, 1.165) is 24.1 Å². The minimum atomic E-state index is -0.642. The topological polar surface area (TPSA) is 79.0 Å². The Kier molecular flexibility index (Phi) is 8.20. The van der Waals surface area contributed by atoms with Crippen molar-refractivity contribution in [2.75, 3.05) is 39.3 Å². The highest BCUT2D eigenvalue weighted by Gasteiger charge is 2.22. The van der Waals surface area contributed by atoms with Gasteiger partial charge in [0.15, 0.2) is 6.61 Å². The second-order valence-electron chi connectivity index (χ2n) is 7.50. The Morgan fingerprint density at radius 2 is 1.74 bits per heavy atom. The zero-order valence-corrected chi connectivity index (χ0v) is 19.1. The van der Waals surface area contributed by atoms with Gasteiger partial charge in [-0.15, -0.1) is 0 Å². The summed E-state index contributed by atoms with van der Waals surface area (Å²) < 4.78 is 5.89. The number of nitrogens with one attached hydrogen (secondary N) is 1. The predicted octanol–water partition coefficient (Wildman–Crippen LogP) is 2.37. The van der Waals surface area contributed by atoms with Crippen LogP contribution in [0.5, 0.6) is 0 Å². The monoisotopic (exact) mass is 487 g/mol. The number of esters is 1. The first-order valence-electron chi connectivity index (χ1n) is 10.2. The number of hydrogen-bond donors (Lipinski definition) is 1. The average molecular weight is 488 g/mol. The molecule has 0 aliphatic carbocycles. The molecule has 2 aromatic rings. The Hall–Kier alpha value is -2.71. The van der Waals surface area contributed by atoms with Gasteiger partial charge in [-0.2, -0.15) is 0 Å². The van der Waals surface area contributed by atoms with Crippen LogP contribution in [0.4, 0.5) is 0 Å². The van der Waals surface area contributed by atoms with E-state index in [9.17, 15) is 14.4 Å². The molecule has 1 fully saturated rings. The largest absolute Gasteiger partial charge is 0.454 e. The van der Waals surface area contributed by atoms with Crippen molar-refractivity contribution in [1.29, 1.82) is 0 Å². The van der Waals surface area contributed by atoms with Crippen molar-refractivity contribution in [3.63, 3.8) is 0 Å². The molecule has 0 saturated carbocycles. The van der Waals surface area contributed by atoms with Crippen LogP contribution in [-0.4, -0.2) is 66.9 Å². The van der Waals surface area contributed by atoms with E-state index in [1.165, 1.54) is 11.1 Å². The summed E-state index contributed by atoms with van der Waals surface area (Å²) in [5.74, 6) is -1.24. The maximum Gasteiger partial charge on any atom is 0.325 e. The Morgan fingerprint density at radius 3 is 2.42 bits per heavy atom. The number of ether oxygens (including phenoxy) is 1. The van der Waals surface area contributed by atoms with E-state index in [1.54, 1.807) is 29.2 Å². The van der Waals surface area contributed by atoms with Gasteiger partial charge in [0.25, 0.3) is 11.8 Å². The van der Waals surface area contributed by atoms with Crippen LogP contribution in [0.25, 0.3) is 0 Å². The van der Waals surface area contributed by atoms with Gasteiger partial charge in [0.1, 0.15) is 6.54 Å². The van der Waals surface area contributed by atoms with E-state index < -0.39 is 5.97 Å². The maximum atomic E-state index is 12.3. The average Bonchev–Trinajstić information content (AvgIpc) is 2.77. The van der Waals surface area contributed by atoms with Gasteiger partial charge >= 0.3 is 5.97 Å². The highest BCUT2D eigenvalue weighted by Crippen LogP contribution is 2.11. The van der Waals surface area contributed by atoms with Crippen molar-refractivity contribution < 1.29 is 19.1 Å². The number of carbonyl (C=O) groups excluding carboxylic acids is 3. The smallest absolute Gasteiger partial charge is 0.325 e. The molecule has 1 saturated heterocycles. The Balaban J connectivity index is 1.34. The van der Waals surface area contributed by atoms with Crippen LogP contribution in [0, 0.1) is 6.92 Å². The number of hydrogen-bond acceptors (Lipinski definition) is 5. The highest BCUT2D eigenvalue weighted by molar-refractivity contribution is 9.10. The lowest BCUT2D eigenvalue weighted by Crippen LogP contribution is -2.49. The molecular weight excluding hydrogens is 462 g/mol. The molecule has 0 radical (unpaired) electrons. The molecule has 164 valence electrons. The first-order chi connectivity index (χ1) is 14.9. The molecule has 3 rings (SSSR count). The van der Waals surface area contributed by atoms with Crippen molar-refractivity contribution in [3.8, 4) is 0 Å². The third kappa shape index (κ3) is 7.18. The van der Waals surface area contributed by atoms with E-state index in [1.807, 2.05) is 0 Å². The molecule has 0 atom stereocenters. The lowest BCUT2D eigenvalue weighted by Gasteiger charge is -2.34. The molecule has 0 unspecified atom stereocenters. The summed E-state index contributed by atoms with van der Waals surface area (Å²) in [5, 5.41) is 2.49. The molecule has 7 nitrogen and oxygen atoms in total. The van der Waals surface area contributed by atoms with Crippen molar-refractivity contribution in [2.45, 2.75) is 13.5 Å². The number of rotatable bonds is 7. The normalized spacial score (nSPS) is 14.2. The van der Waals surface area contributed by atoms with Crippen LogP contribution in [0.1, 0.15) is 21.5 Å². The van der Waals surface area contributed by atoms with Crippen LogP contribution in [0.15, 0.2) is 53.0 Å². The number of aryl methyl sites for hydroxylation is 1. The van der Waals surface area contributed by atoms with E-state index >= 15 is 0 Å². The molecule has 0 bridgehead atoms. The van der Waals surface area contributed by atoms with Crippen molar-refractivity contribution in [1.82, 2.24) is 15.1 Å². The van der Waals surface area contributed by atoms with Crippen LogP contribution in [-0.2, 0) is 20.9 Å². The molecule has 1 aliphatic rings. The van der Waals surface area contributed by atoms with Gasteiger partial charge < -0.3 is 15.0 Å². The summed E-state index contributed by atoms with van der Waals surface area (Å²) in [6, 6.07) is 15.2.